The van der Waals surface area contributed by atoms with Crippen LogP contribution in [0.25, 0.3) is 10.9 Å². The second-order valence-electron chi connectivity index (χ2n) is 10.9. The summed E-state index contributed by atoms with van der Waals surface area (Å²) in [4.78, 5) is 14.6. The zero-order chi connectivity index (χ0) is 25.4. The number of aryl methyl sites for hydroxylation is 1. The molecule has 10 nitrogen and oxygen atoms in total. The van der Waals surface area contributed by atoms with E-state index in [4.69, 9.17) is 20.0 Å². The first kappa shape index (κ1) is 23.9. The number of rotatable bonds is 9. The predicted molar refractivity (Wildman–Crippen MR) is 143 cm³/mol. The first-order valence-electron chi connectivity index (χ1n) is 13.4. The number of aromatic nitrogens is 4. The number of nitrogens with one attached hydrogen (secondary N) is 3. The van der Waals surface area contributed by atoms with Crippen molar-refractivity contribution in [1.29, 1.82) is 5.26 Å². The topological polar surface area (TPSA) is 118 Å². The Morgan fingerprint density at radius 2 is 1.97 bits per heavy atom. The molecule has 3 aliphatic heterocycles. The summed E-state index contributed by atoms with van der Waals surface area (Å²) in [6.45, 7) is 5.74. The van der Waals surface area contributed by atoms with E-state index >= 15 is 0 Å². The van der Waals surface area contributed by atoms with Gasteiger partial charge >= 0.3 is 0 Å². The van der Waals surface area contributed by atoms with Crippen molar-refractivity contribution in [2.75, 3.05) is 43.9 Å². The summed E-state index contributed by atoms with van der Waals surface area (Å²) in [5.41, 5.74) is 1.82. The number of nitrogens with zero attached hydrogens (tertiary/aromatic N) is 6. The normalized spacial score (nSPS) is 24.1. The van der Waals surface area contributed by atoms with Crippen molar-refractivity contribution in [1.82, 2.24) is 30.0 Å². The van der Waals surface area contributed by atoms with Crippen molar-refractivity contribution in [3.05, 3.63) is 30.0 Å². The lowest BCUT2D eigenvalue weighted by Gasteiger charge is -2.38. The van der Waals surface area contributed by atoms with Crippen LogP contribution in [-0.4, -0.2) is 81.4 Å². The van der Waals surface area contributed by atoms with E-state index in [-0.39, 0.29) is 0 Å². The molecule has 3 aliphatic rings. The fourth-order valence-corrected chi connectivity index (χ4v) is 6.23. The van der Waals surface area contributed by atoms with Crippen LogP contribution >= 0.6 is 0 Å². The standard InChI is InChI=1S/C27H35N9O/c1-17-10-25(34-33-17)31-26-23-7-6-22(37-16-18-14-35(2)15-18)13-24(23)30-27(32-26)29-19-11-20-4-5-21(12-19)36(20)9-3-8-28/h6-7,10,13,18-21H,3-5,9,11-12,14-16H2,1-2H3,(H3,29,30,31,32,33,34). The maximum atomic E-state index is 9.03. The molecule has 2 bridgehead atoms. The number of piperidine rings is 1. The summed E-state index contributed by atoms with van der Waals surface area (Å²) in [7, 11) is 2.13. The minimum atomic E-state index is 0.309. The molecule has 6 rings (SSSR count). The largest absolute Gasteiger partial charge is 0.493 e. The van der Waals surface area contributed by atoms with Crippen LogP contribution in [0.5, 0.6) is 5.75 Å². The highest BCUT2D eigenvalue weighted by Crippen LogP contribution is 2.37. The number of benzene rings is 1. The first-order chi connectivity index (χ1) is 18.0. The first-order valence-corrected chi connectivity index (χ1v) is 13.4. The number of fused-ring (bicyclic) bond motifs is 3. The van der Waals surface area contributed by atoms with Crippen molar-refractivity contribution in [3.63, 3.8) is 0 Å². The van der Waals surface area contributed by atoms with Gasteiger partial charge in [0.25, 0.3) is 0 Å². The molecule has 194 valence electrons. The average molecular weight is 502 g/mol. The minimum Gasteiger partial charge on any atom is -0.493 e. The van der Waals surface area contributed by atoms with Crippen LogP contribution in [0.2, 0.25) is 0 Å². The SMILES string of the molecule is Cc1cc(Nc2nc(NC3CC4CCC(C3)N4CCC#N)nc3cc(OCC4CN(C)C4)ccc23)n[nH]1. The molecule has 37 heavy (non-hydrogen) atoms. The van der Waals surface area contributed by atoms with Gasteiger partial charge in [0, 0.05) is 73.3 Å². The van der Waals surface area contributed by atoms with E-state index in [0.29, 0.717) is 36.4 Å². The number of anilines is 3. The minimum absolute atomic E-state index is 0.309. The number of H-pyrrole nitrogens is 1. The molecule has 3 fully saturated rings. The molecule has 0 spiro atoms. The van der Waals surface area contributed by atoms with E-state index in [1.165, 1.54) is 12.8 Å². The lowest BCUT2D eigenvalue weighted by atomic mass is 9.97. The van der Waals surface area contributed by atoms with E-state index in [1.807, 2.05) is 31.2 Å². The number of hydrogen-bond donors (Lipinski definition) is 3. The average Bonchev–Trinajstić information content (AvgIpc) is 3.37. The highest BCUT2D eigenvalue weighted by Gasteiger charge is 2.40. The van der Waals surface area contributed by atoms with Crippen molar-refractivity contribution in [2.45, 2.75) is 57.2 Å². The van der Waals surface area contributed by atoms with Gasteiger partial charge in [-0.15, -0.1) is 0 Å². The molecular formula is C27H35N9O. The number of nitriles is 1. The maximum Gasteiger partial charge on any atom is 0.225 e. The van der Waals surface area contributed by atoms with E-state index in [1.54, 1.807) is 0 Å². The van der Waals surface area contributed by atoms with Gasteiger partial charge in [-0.25, -0.2) is 4.98 Å². The Bertz CT molecular complexity index is 1280. The Morgan fingerprint density at radius 3 is 2.68 bits per heavy atom. The maximum absolute atomic E-state index is 9.03. The molecule has 3 aromatic rings. The molecule has 0 saturated carbocycles. The van der Waals surface area contributed by atoms with Crippen molar-refractivity contribution in [3.8, 4) is 11.8 Å². The zero-order valence-corrected chi connectivity index (χ0v) is 21.6. The Balaban J connectivity index is 1.23. The monoisotopic (exact) mass is 501 g/mol. The molecule has 5 heterocycles. The van der Waals surface area contributed by atoms with Crippen LogP contribution in [0.4, 0.5) is 17.6 Å². The summed E-state index contributed by atoms with van der Waals surface area (Å²) in [5.74, 6) is 3.48. The molecule has 10 heteroatoms. The van der Waals surface area contributed by atoms with Crippen molar-refractivity contribution < 1.29 is 4.74 Å². The van der Waals surface area contributed by atoms with Crippen LogP contribution in [0.3, 0.4) is 0 Å². The van der Waals surface area contributed by atoms with Gasteiger partial charge in [0.05, 0.1) is 18.2 Å². The third-order valence-corrected chi connectivity index (χ3v) is 7.95. The molecule has 2 aromatic heterocycles. The Labute approximate surface area is 217 Å². The van der Waals surface area contributed by atoms with E-state index in [0.717, 1.165) is 73.1 Å². The van der Waals surface area contributed by atoms with E-state index in [2.05, 4.69) is 43.7 Å². The van der Waals surface area contributed by atoms with Crippen LogP contribution in [-0.2, 0) is 0 Å². The molecule has 1 aromatic carbocycles. The van der Waals surface area contributed by atoms with Gasteiger partial charge in [-0.2, -0.15) is 15.3 Å². The Kier molecular flexibility index (Phi) is 6.57. The lowest BCUT2D eigenvalue weighted by Crippen LogP contribution is -2.47. The molecule has 0 radical (unpaired) electrons. The van der Waals surface area contributed by atoms with Gasteiger partial charge in [-0.3, -0.25) is 10.00 Å². The highest BCUT2D eigenvalue weighted by molar-refractivity contribution is 5.92. The van der Waals surface area contributed by atoms with Gasteiger partial charge < -0.3 is 20.3 Å². The van der Waals surface area contributed by atoms with Crippen LogP contribution in [0.1, 0.15) is 37.8 Å². The number of aromatic amines is 1. The van der Waals surface area contributed by atoms with Gasteiger partial charge in [-0.1, -0.05) is 0 Å². The summed E-state index contributed by atoms with van der Waals surface area (Å²) in [6, 6.07) is 11.7. The second kappa shape index (κ2) is 10.1. The summed E-state index contributed by atoms with van der Waals surface area (Å²) >= 11 is 0. The summed E-state index contributed by atoms with van der Waals surface area (Å²) in [5, 5.41) is 24.3. The van der Waals surface area contributed by atoms with Crippen LogP contribution in [0, 0.1) is 24.2 Å². The van der Waals surface area contributed by atoms with Gasteiger partial charge in [0.1, 0.15) is 11.6 Å². The number of likely N-dealkylation sites (tertiary alicyclic amines) is 1. The third-order valence-electron chi connectivity index (χ3n) is 7.95. The number of hydrogen-bond acceptors (Lipinski definition) is 9. The Morgan fingerprint density at radius 1 is 1.16 bits per heavy atom. The van der Waals surface area contributed by atoms with Crippen molar-refractivity contribution in [2.24, 2.45) is 5.92 Å². The second-order valence-corrected chi connectivity index (χ2v) is 10.9. The molecule has 3 N–H and O–H groups in total. The Hall–Kier alpha value is -3.42. The molecule has 2 unspecified atom stereocenters. The molecule has 0 aliphatic carbocycles. The lowest BCUT2D eigenvalue weighted by molar-refractivity contribution is 0.0858. The van der Waals surface area contributed by atoms with E-state index < -0.39 is 0 Å². The van der Waals surface area contributed by atoms with Crippen LogP contribution < -0.4 is 15.4 Å². The summed E-state index contributed by atoms with van der Waals surface area (Å²) in [6.07, 6.45) is 5.10. The van der Waals surface area contributed by atoms with Crippen molar-refractivity contribution >= 4 is 28.5 Å². The fraction of sp³-hybridized carbons (Fsp3) is 0.556. The molecule has 2 atom stereocenters. The van der Waals surface area contributed by atoms with Crippen LogP contribution in [0.15, 0.2) is 24.3 Å². The van der Waals surface area contributed by atoms with Gasteiger partial charge in [0.2, 0.25) is 5.95 Å². The van der Waals surface area contributed by atoms with Gasteiger partial charge in [0.15, 0.2) is 5.82 Å². The van der Waals surface area contributed by atoms with Gasteiger partial charge in [-0.05, 0) is 51.8 Å². The quantitative estimate of drug-likeness (QED) is 0.404. The zero-order valence-electron chi connectivity index (χ0n) is 21.6. The third kappa shape index (κ3) is 5.20. The summed E-state index contributed by atoms with van der Waals surface area (Å²) < 4.78 is 6.12. The number of ether oxygens (including phenoxy) is 1. The molecule has 3 saturated heterocycles. The predicted octanol–water partition coefficient (Wildman–Crippen LogP) is 3.67. The smallest absolute Gasteiger partial charge is 0.225 e. The highest BCUT2D eigenvalue weighted by atomic mass is 16.5. The molecular weight excluding hydrogens is 466 g/mol. The molecule has 0 amide bonds. The fourth-order valence-electron chi connectivity index (χ4n) is 6.23. The van der Waals surface area contributed by atoms with E-state index in [9.17, 15) is 0 Å².